The zero-order chi connectivity index (χ0) is 11.0. The predicted octanol–water partition coefficient (Wildman–Crippen LogP) is 3.94. The van der Waals surface area contributed by atoms with Crippen molar-refractivity contribution in [1.82, 2.24) is 0 Å². The summed E-state index contributed by atoms with van der Waals surface area (Å²) in [5.74, 6) is 2.07. The van der Waals surface area contributed by atoms with Crippen molar-refractivity contribution in [2.24, 2.45) is 5.41 Å². The molecule has 1 heterocycles. The topological polar surface area (TPSA) is 9.23 Å². The second-order valence-electron chi connectivity index (χ2n) is 5.18. The van der Waals surface area contributed by atoms with E-state index in [1.54, 1.807) is 0 Å². The molecule has 1 aliphatic heterocycles. The highest BCUT2D eigenvalue weighted by atomic mass is 35.5. The zero-order valence-electron chi connectivity index (χ0n) is 9.29. The SMILES string of the molecule is CC1(CCl)CC(CCl)=C(C(C)(C)C)O1. The van der Waals surface area contributed by atoms with Crippen LogP contribution >= 0.6 is 23.2 Å². The van der Waals surface area contributed by atoms with Gasteiger partial charge in [0, 0.05) is 17.7 Å². The van der Waals surface area contributed by atoms with E-state index in [0.717, 1.165) is 12.2 Å². The Labute approximate surface area is 96.4 Å². The molecule has 0 N–H and O–H groups in total. The van der Waals surface area contributed by atoms with Gasteiger partial charge in [0.1, 0.15) is 11.4 Å². The average molecular weight is 237 g/mol. The largest absolute Gasteiger partial charge is 0.490 e. The first-order valence-corrected chi connectivity index (χ1v) is 5.93. The van der Waals surface area contributed by atoms with Crippen LogP contribution in [-0.2, 0) is 4.74 Å². The van der Waals surface area contributed by atoms with Crippen molar-refractivity contribution in [3.05, 3.63) is 11.3 Å². The van der Waals surface area contributed by atoms with Gasteiger partial charge in [0.05, 0.1) is 5.88 Å². The van der Waals surface area contributed by atoms with Gasteiger partial charge in [0.2, 0.25) is 0 Å². The number of alkyl halides is 2. The molecule has 1 atom stereocenters. The molecule has 0 aromatic carbocycles. The van der Waals surface area contributed by atoms with E-state index in [1.807, 2.05) is 6.92 Å². The summed E-state index contributed by atoms with van der Waals surface area (Å²) in [5, 5.41) is 0. The maximum atomic E-state index is 5.93. The van der Waals surface area contributed by atoms with Crippen molar-refractivity contribution in [1.29, 1.82) is 0 Å². The molecule has 3 heteroatoms. The molecule has 0 aliphatic carbocycles. The number of hydrogen-bond acceptors (Lipinski definition) is 1. The number of allylic oxidation sites excluding steroid dienone is 1. The van der Waals surface area contributed by atoms with E-state index in [1.165, 1.54) is 5.57 Å². The van der Waals surface area contributed by atoms with Crippen molar-refractivity contribution in [2.75, 3.05) is 11.8 Å². The maximum Gasteiger partial charge on any atom is 0.123 e. The minimum Gasteiger partial charge on any atom is -0.490 e. The van der Waals surface area contributed by atoms with E-state index < -0.39 is 0 Å². The molecule has 0 bridgehead atoms. The Morgan fingerprint density at radius 2 is 1.93 bits per heavy atom. The summed E-state index contributed by atoms with van der Waals surface area (Å²) in [6.07, 6.45) is 0.854. The quantitative estimate of drug-likeness (QED) is 0.661. The third kappa shape index (κ3) is 2.38. The van der Waals surface area contributed by atoms with Crippen LogP contribution in [0.25, 0.3) is 0 Å². The summed E-state index contributed by atoms with van der Waals surface area (Å²) >= 11 is 11.8. The molecule has 14 heavy (non-hydrogen) atoms. The van der Waals surface area contributed by atoms with E-state index in [4.69, 9.17) is 27.9 Å². The first kappa shape index (κ1) is 12.2. The highest BCUT2D eigenvalue weighted by molar-refractivity contribution is 6.20. The number of hydrogen-bond donors (Lipinski definition) is 0. The van der Waals surface area contributed by atoms with Gasteiger partial charge in [0.15, 0.2) is 0 Å². The Morgan fingerprint density at radius 3 is 2.21 bits per heavy atom. The Hall–Kier alpha value is 0.120. The van der Waals surface area contributed by atoms with Crippen LogP contribution in [0.15, 0.2) is 11.3 Å². The van der Waals surface area contributed by atoms with Gasteiger partial charge in [-0.05, 0) is 12.5 Å². The van der Waals surface area contributed by atoms with Crippen molar-refractivity contribution >= 4 is 23.2 Å². The lowest BCUT2D eigenvalue weighted by atomic mass is 9.90. The highest BCUT2D eigenvalue weighted by Crippen LogP contribution is 2.43. The average Bonchev–Trinajstić information content (AvgIpc) is 2.43. The normalized spacial score (nSPS) is 28.1. The van der Waals surface area contributed by atoms with E-state index in [2.05, 4.69) is 20.8 Å². The van der Waals surface area contributed by atoms with Gasteiger partial charge in [-0.15, -0.1) is 23.2 Å². The molecule has 82 valence electrons. The van der Waals surface area contributed by atoms with Gasteiger partial charge in [-0.2, -0.15) is 0 Å². The van der Waals surface area contributed by atoms with Crippen LogP contribution < -0.4 is 0 Å². The molecule has 1 unspecified atom stereocenters. The van der Waals surface area contributed by atoms with E-state index in [0.29, 0.717) is 11.8 Å². The molecule has 0 amide bonds. The van der Waals surface area contributed by atoms with E-state index in [9.17, 15) is 0 Å². The predicted molar refractivity (Wildman–Crippen MR) is 62.0 cm³/mol. The second-order valence-corrected chi connectivity index (χ2v) is 5.71. The van der Waals surface area contributed by atoms with Crippen molar-refractivity contribution < 1.29 is 4.74 Å². The van der Waals surface area contributed by atoms with Crippen molar-refractivity contribution in [2.45, 2.75) is 39.7 Å². The summed E-state index contributed by atoms with van der Waals surface area (Å²) in [4.78, 5) is 0. The van der Waals surface area contributed by atoms with Crippen LogP contribution in [0.2, 0.25) is 0 Å². The number of halogens is 2. The lowest BCUT2D eigenvalue weighted by Gasteiger charge is -2.27. The van der Waals surface area contributed by atoms with Gasteiger partial charge in [0.25, 0.3) is 0 Å². The molecule has 0 saturated carbocycles. The van der Waals surface area contributed by atoms with E-state index in [-0.39, 0.29) is 11.0 Å². The molecule has 0 aromatic heterocycles. The molecular formula is C11H18Cl2O. The smallest absolute Gasteiger partial charge is 0.123 e. The summed E-state index contributed by atoms with van der Waals surface area (Å²) < 4.78 is 5.93. The third-order valence-corrected chi connectivity index (χ3v) is 3.27. The van der Waals surface area contributed by atoms with Crippen LogP contribution in [0.5, 0.6) is 0 Å². The molecule has 1 nitrogen and oxygen atoms in total. The Morgan fingerprint density at radius 1 is 1.36 bits per heavy atom. The Balaban J connectivity index is 2.93. The lowest BCUT2D eigenvalue weighted by Crippen LogP contribution is -2.27. The molecule has 1 rings (SSSR count). The third-order valence-electron chi connectivity index (χ3n) is 2.38. The first-order chi connectivity index (χ1) is 6.32. The van der Waals surface area contributed by atoms with Gasteiger partial charge in [-0.25, -0.2) is 0 Å². The molecule has 0 fully saturated rings. The monoisotopic (exact) mass is 236 g/mol. The first-order valence-electron chi connectivity index (χ1n) is 4.86. The molecule has 1 aliphatic rings. The fourth-order valence-electron chi connectivity index (χ4n) is 1.75. The Bertz CT molecular complexity index is 253. The van der Waals surface area contributed by atoms with Crippen LogP contribution in [-0.4, -0.2) is 17.4 Å². The highest BCUT2D eigenvalue weighted by Gasteiger charge is 2.39. The molecule has 0 saturated heterocycles. The number of ether oxygens (including phenoxy) is 1. The second kappa shape index (κ2) is 3.94. The fraction of sp³-hybridized carbons (Fsp3) is 0.818. The standard InChI is InChI=1S/C11H18Cl2O/c1-10(2,3)9-8(6-12)5-11(4,7-13)14-9/h5-7H2,1-4H3. The van der Waals surface area contributed by atoms with Crippen LogP contribution in [0.4, 0.5) is 0 Å². The minimum absolute atomic E-state index is 0.0219. The van der Waals surface area contributed by atoms with Crippen LogP contribution in [0.3, 0.4) is 0 Å². The van der Waals surface area contributed by atoms with Crippen molar-refractivity contribution in [3.63, 3.8) is 0 Å². The number of rotatable bonds is 2. The van der Waals surface area contributed by atoms with Gasteiger partial charge in [-0.1, -0.05) is 20.8 Å². The zero-order valence-corrected chi connectivity index (χ0v) is 10.8. The molecule has 0 radical (unpaired) electrons. The summed E-state index contributed by atoms with van der Waals surface area (Å²) in [5.41, 5.74) is 0.963. The molecule has 0 spiro atoms. The Kier molecular flexibility index (Phi) is 3.43. The van der Waals surface area contributed by atoms with Crippen molar-refractivity contribution in [3.8, 4) is 0 Å². The fourth-order valence-corrected chi connectivity index (χ4v) is 2.12. The summed E-state index contributed by atoms with van der Waals surface area (Å²) in [6, 6.07) is 0. The van der Waals surface area contributed by atoms with Gasteiger partial charge in [-0.3, -0.25) is 0 Å². The summed E-state index contributed by atoms with van der Waals surface area (Å²) in [7, 11) is 0. The van der Waals surface area contributed by atoms with Crippen LogP contribution in [0.1, 0.15) is 34.1 Å². The maximum absolute atomic E-state index is 5.93. The molecular weight excluding hydrogens is 219 g/mol. The summed E-state index contributed by atoms with van der Waals surface area (Å²) in [6.45, 7) is 8.43. The van der Waals surface area contributed by atoms with E-state index >= 15 is 0 Å². The van der Waals surface area contributed by atoms with Gasteiger partial charge < -0.3 is 4.74 Å². The molecule has 0 aromatic rings. The minimum atomic E-state index is -0.256. The van der Waals surface area contributed by atoms with Crippen LogP contribution in [0, 0.1) is 5.41 Å². The van der Waals surface area contributed by atoms with Gasteiger partial charge >= 0.3 is 0 Å². The lowest BCUT2D eigenvalue weighted by molar-refractivity contribution is 0.0362.